The average Bonchev–Trinajstić information content (AvgIpc) is 2.72. The summed E-state index contributed by atoms with van der Waals surface area (Å²) in [4.78, 5) is 13.5. The molecule has 0 amide bonds. The van der Waals surface area contributed by atoms with Crippen LogP contribution in [0.3, 0.4) is 0 Å². The molecule has 0 saturated heterocycles. The summed E-state index contributed by atoms with van der Waals surface area (Å²) in [6.45, 7) is 0.690. The lowest BCUT2D eigenvalue weighted by Crippen LogP contribution is -2.13. The summed E-state index contributed by atoms with van der Waals surface area (Å²) in [5.41, 5.74) is 0.670. The molecule has 0 aromatic carbocycles. The van der Waals surface area contributed by atoms with Gasteiger partial charge in [-0.05, 0) is 56.3 Å². The van der Waals surface area contributed by atoms with Crippen molar-refractivity contribution in [2.75, 3.05) is 6.54 Å². The van der Waals surface area contributed by atoms with Gasteiger partial charge in [0, 0.05) is 0 Å². The topological polar surface area (TPSA) is 29.4 Å². The van der Waals surface area contributed by atoms with Crippen LogP contribution in [0, 0.1) is 11.3 Å². The van der Waals surface area contributed by atoms with Crippen LogP contribution in [-0.2, 0) is 4.79 Å². The summed E-state index contributed by atoms with van der Waals surface area (Å²) in [7, 11) is 0. The van der Waals surface area contributed by atoms with Gasteiger partial charge in [-0.15, -0.1) is 0 Å². The fourth-order valence-corrected chi connectivity index (χ4v) is 3.24. The maximum atomic E-state index is 9.87. The molecular formula is C11H17NO. The molecule has 0 radical (unpaired) electrons. The molecule has 72 valence electrons. The van der Waals surface area contributed by atoms with E-state index in [4.69, 9.17) is 0 Å². The fraction of sp³-hybridized carbons (Fsp3) is 0.909. The van der Waals surface area contributed by atoms with Crippen molar-refractivity contribution in [2.24, 2.45) is 16.3 Å². The van der Waals surface area contributed by atoms with E-state index in [9.17, 15) is 4.79 Å². The van der Waals surface area contributed by atoms with Gasteiger partial charge in [-0.25, -0.2) is 9.79 Å². The smallest absolute Gasteiger partial charge is 0.211 e. The Hall–Kier alpha value is -0.620. The van der Waals surface area contributed by atoms with Crippen molar-refractivity contribution in [3.05, 3.63) is 0 Å². The highest BCUT2D eigenvalue weighted by Crippen LogP contribution is 2.56. The first-order valence-electron chi connectivity index (χ1n) is 5.38. The van der Waals surface area contributed by atoms with Crippen LogP contribution in [-0.4, -0.2) is 12.6 Å². The number of hydrogen-bond acceptors (Lipinski definition) is 2. The summed E-state index contributed by atoms with van der Waals surface area (Å²) in [5.74, 6) is 1.04. The molecule has 2 fully saturated rings. The maximum absolute atomic E-state index is 9.87. The zero-order valence-electron chi connectivity index (χ0n) is 8.09. The van der Waals surface area contributed by atoms with Gasteiger partial charge in [-0.2, -0.15) is 0 Å². The quantitative estimate of drug-likeness (QED) is 0.370. The Kier molecular flexibility index (Phi) is 2.50. The Bertz CT molecular complexity index is 222. The number of carbonyl (C=O) groups excluding carboxylic acids is 1. The molecule has 0 atom stereocenters. The minimum Gasteiger partial charge on any atom is -0.211 e. The van der Waals surface area contributed by atoms with Crippen molar-refractivity contribution in [1.82, 2.24) is 0 Å². The second kappa shape index (κ2) is 3.63. The van der Waals surface area contributed by atoms with E-state index < -0.39 is 0 Å². The first-order valence-corrected chi connectivity index (χ1v) is 5.38. The lowest BCUT2D eigenvalue weighted by Gasteiger charge is -2.25. The normalized spacial score (nSPS) is 36.2. The van der Waals surface area contributed by atoms with E-state index in [-0.39, 0.29) is 0 Å². The van der Waals surface area contributed by atoms with E-state index in [1.54, 1.807) is 6.08 Å². The lowest BCUT2D eigenvalue weighted by molar-refractivity contribution is 0.266. The van der Waals surface area contributed by atoms with Gasteiger partial charge >= 0.3 is 0 Å². The van der Waals surface area contributed by atoms with Crippen LogP contribution in [0.2, 0.25) is 0 Å². The molecule has 0 heterocycles. The van der Waals surface area contributed by atoms with Gasteiger partial charge in [0.1, 0.15) is 0 Å². The van der Waals surface area contributed by atoms with Gasteiger partial charge in [0.25, 0.3) is 0 Å². The van der Waals surface area contributed by atoms with Crippen LogP contribution in [0.4, 0.5) is 0 Å². The molecule has 0 unspecified atom stereocenters. The highest BCUT2D eigenvalue weighted by molar-refractivity contribution is 5.32. The van der Waals surface area contributed by atoms with E-state index >= 15 is 0 Å². The molecule has 0 aromatic heterocycles. The van der Waals surface area contributed by atoms with Crippen LogP contribution >= 0.6 is 0 Å². The Morgan fingerprint density at radius 2 is 2.15 bits per heavy atom. The Balaban J connectivity index is 1.77. The van der Waals surface area contributed by atoms with Gasteiger partial charge in [0.2, 0.25) is 6.08 Å². The van der Waals surface area contributed by atoms with E-state index in [1.165, 1.54) is 38.5 Å². The van der Waals surface area contributed by atoms with Crippen molar-refractivity contribution < 1.29 is 4.79 Å². The molecule has 2 aliphatic carbocycles. The Morgan fingerprint density at radius 1 is 1.38 bits per heavy atom. The van der Waals surface area contributed by atoms with Crippen molar-refractivity contribution in [3.63, 3.8) is 0 Å². The predicted molar refractivity (Wildman–Crippen MR) is 51.2 cm³/mol. The molecule has 2 bridgehead atoms. The predicted octanol–water partition coefficient (Wildman–Crippen LogP) is 2.68. The summed E-state index contributed by atoms with van der Waals surface area (Å²) in [6, 6.07) is 0. The first-order chi connectivity index (χ1) is 6.35. The van der Waals surface area contributed by atoms with Crippen LogP contribution in [0.15, 0.2) is 4.99 Å². The second-order valence-electron chi connectivity index (χ2n) is 4.72. The number of isocyanates is 1. The Labute approximate surface area is 79.4 Å². The molecule has 0 aromatic rings. The maximum Gasteiger partial charge on any atom is 0.234 e. The minimum absolute atomic E-state index is 0.670. The van der Waals surface area contributed by atoms with E-state index in [0.29, 0.717) is 12.0 Å². The monoisotopic (exact) mass is 179 g/mol. The van der Waals surface area contributed by atoms with Crippen molar-refractivity contribution in [2.45, 2.75) is 44.9 Å². The number of hydrogen-bond donors (Lipinski definition) is 0. The molecule has 13 heavy (non-hydrogen) atoms. The third-order valence-corrected chi connectivity index (χ3v) is 3.93. The fourth-order valence-electron chi connectivity index (χ4n) is 3.24. The third-order valence-electron chi connectivity index (χ3n) is 3.93. The van der Waals surface area contributed by atoms with Crippen molar-refractivity contribution in [1.29, 1.82) is 0 Å². The molecule has 2 nitrogen and oxygen atoms in total. The van der Waals surface area contributed by atoms with Crippen molar-refractivity contribution in [3.8, 4) is 0 Å². The first kappa shape index (κ1) is 8.96. The highest BCUT2D eigenvalue weighted by Gasteiger charge is 2.43. The lowest BCUT2D eigenvalue weighted by atomic mass is 9.80. The van der Waals surface area contributed by atoms with Gasteiger partial charge in [-0.3, -0.25) is 0 Å². The molecule has 2 saturated carbocycles. The molecule has 0 spiro atoms. The molecular weight excluding hydrogens is 162 g/mol. The number of fused-ring (bicyclic) bond motifs is 2. The standard InChI is InChI=1S/C11H17NO/c13-9-12-7-1-4-11-5-2-10(8-11)3-6-11/h10H,1-8H2. The van der Waals surface area contributed by atoms with Crippen LogP contribution in [0.25, 0.3) is 0 Å². The summed E-state index contributed by atoms with van der Waals surface area (Å²) >= 11 is 0. The number of rotatable bonds is 4. The summed E-state index contributed by atoms with van der Waals surface area (Å²) < 4.78 is 0. The van der Waals surface area contributed by atoms with Gasteiger partial charge < -0.3 is 0 Å². The van der Waals surface area contributed by atoms with Crippen LogP contribution in [0.1, 0.15) is 44.9 Å². The third kappa shape index (κ3) is 1.83. The summed E-state index contributed by atoms with van der Waals surface area (Å²) in [6.07, 6.45) is 11.2. The zero-order valence-corrected chi connectivity index (χ0v) is 8.09. The molecule has 0 N–H and O–H groups in total. The van der Waals surface area contributed by atoms with Crippen molar-refractivity contribution >= 4 is 6.08 Å². The largest absolute Gasteiger partial charge is 0.234 e. The van der Waals surface area contributed by atoms with E-state index in [0.717, 1.165) is 12.3 Å². The number of nitrogens with zero attached hydrogens (tertiary/aromatic N) is 1. The number of aliphatic imine (C=N–C) groups is 1. The highest BCUT2D eigenvalue weighted by atomic mass is 16.1. The van der Waals surface area contributed by atoms with Gasteiger partial charge in [0.15, 0.2) is 0 Å². The second-order valence-corrected chi connectivity index (χ2v) is 4.72. The van der Waals surface area contributed by atoms with Crippen LogP contribution in [0.5, 0.6) is 0 Å². The molecule has 0 aliphatic heterocycles. The van der Waals surface area contributed by atoms with E-state index in [1.807, 2.05) is 0 Å². The zero-order chi connectivity index (χ0) is 9.15. The van der Waals surface area contributed by atoms with Crippen LogP contribution < -0.4 is 0 Å². The van der Waals surface area contributed by atoms with Gasteiger partial charge in [-0.1, -0.05) is 0 Å². The van der Waals surface area contributed by atoms with Gasteiger partial charge in [0.05, 0.1) is 6.54 Å². The SMILES string of the molecule is O=C=NCCCC12CCC(CC1)C2. The molecule has 2 heteroatoms. The summed E-state index contributed by atoms with van der Waals surface area (Å²) in [5, 5.41) is 0. The van der Waals surface area contributed by atoms with E-state index in [2.05, 4.69) is 4.99 Å². The molecule has 2 aliphatic rings. The molecule has 2 rings (SSSR count). The Morgan fingerprint density at radius 3 is 2.69 bits per heavy atom. The minimum atomic E-state index is 0.670. The average molecular weight is 179 g/mol.